The molecule has 1 aromatic heterocycles. The summed E-state index contributed by atoms with van der Waals surface area (Å²) in [6.07, 6.45) is 3.07. The Morgan fingerprint density at radius 1 is 1.59 bits per heavy atom. The first-order valence-electron chi connectivity index (χ1n) is 6.23. The summed E-state index contributed by atoms with van der Waals surface area (Å²) >= 11 is 1.82. The highest BCUT2D eigenvalue weighted by Crippen LogP contribution is 2.27. The minimum Gasteiger partial charge on any atom is -0.379 e. The molecule has 1 aliphatic rings. The van der Waals surface area contributed by atoms with Crippen molar-refractivity contribution < 1.29 is 4.74 Å². The Morgan fingerprint density at radius 3 is 3.06 bits per heavy atom. The number of rotatable bonds is 6. The van der Waals surface area contributed by atoms with Crippen LogP contribution >= 0.6 is 11.8 Å². The molecule has 1 aliphatic heterocycles. The van der Waals surface area contributed by atoms with Crippen molar-refractivity contribution in [2.45, 2.75) is 36.6 Å². The third-order valence-corrected chi connectivity index (χ3v) is 3.92. The van der Waals surface area contributed by atoms with Gasteiger partial charge in [-0.2, -0.15) is 0 Å². The Balaban J connectivity index is 1.94. The van der Waals surface area contributed by atoms with E-state index in [-0.39, 0.29) is 0 Å². The number of aromatic nitrogens is 1. The van der Waals surface area contributed by atoms with Crippen LogP contribution in [0.15, 0.2) is 23.4 Å². The second kappa shape index (κ2) is 6.38. The lowest BCUT2D eigenvalue weighted by atomic mass is 10.1. The van der Waals surface area contributed by atoms with Crippen LogP contribution in [0.1, 0.15) is 31.9 Å². The predicted molar refractivity (Wildman–Crippen MR) is 71.4 cm³/mol. The highest BCUT2D eigenvalue weighted by Gasteiger charge is 2.20. The molecule has 1 saturated heterocycles. The molecule has 2 rings (SSSR count). The maximum atomic E-state index is 5.18. The number of nitrogens with one attached hydrogen (secondary N) is 1. The fraction of sp³-hybridized carbons (Fsp3) is 0.615. The first kappa shape index (κ1) is 12.9. The summed E-state index contributed by atoms with van der Waals surface area (Å²) < 4.78 is 5.18. The molecule has 1 atom stereocenters. The van der Waals surface area contributed by atoms with Gasteiger partial charge in [-0.3, -0.25) is 0 Å². The zero-order chi connectivity index (χ0) is 12.1. The fourth-order valence-electron chi connectivity index (χ4n) is 1.69. The van der Waals surface area contributed by atoms with E-state index in [2.05, 4.69) is 36.3 Å². The van der Waals surface area contributed by atoms with Crippen LogP contribution in [0.25, 0.3) is 0 Å². The number of ether oxygens (including phenoxy) is 1. The molecule has 0 radical (unpaired) electrons. The lowest BCUT2D eigenvalue weighted by Gasteiger charge is -2.25. The molecule has 17 heavy (non-hydrogen) atoms. The van der Waals surface area contributed by atoms with Crippen molar-refractivity contribution in [3.05, 3.63) is 23.9 Å². The van der Waals surface area contributed by atoms with E-state index in [4.69, 9.17) is 4.74 Å². The van der Waals surface area contributed by atoms with Gasteiger partial charge in [0.25, 0.3) is 0 Å². The molecule has 1 unspecified atom stereocenters. The van der Waals surface area contributed by atoms with E-state index >= 15 is 0 Å². The van der Waals surface area contributed by atoms with Crippen molar-refractivity contribution in [2.75, 3.05) is 19.8 Å². The van der Waals surface area contributed by atoms with Crippen LogP contribution < -0.4 is 5.32 Å². The summed E-state index contributed by atoms with van der Waals surface area (Å²) in [6, 6.07) is 4.68. The summed E-state index contributed by atoms with van der Waals surface area (Å²) in [5.74, 6) is 0. The highest BCUT2D eigenvalue weighted by molar-refractivity contribution is 8.00. The van der Waals surface area contributed by atoms with Crippen molar-refractivity contribution >= 4 is 11.8 Å². The maximum absolute atomic E-state index is 5.18. The van der Waals surface area contributed by atoms with Gasteiger partial charge in [0.1, 0.15) is 0 Å². The van der Waals surface area contributed by atoms with Gasteiger partial charge in [-0.15, -0.1) is 0 Å². The number of hydrogen-bond donors (Lipinski definition) is 1. The SMILES string of the molecule is CCCNC(C)c1ccnc(SC2COC2)c1. The molecule has 1 N–H and O–H groups in total. The van der Waals surface area contributed by atoms with Gasteiger partial charge in [0, 0.05) is 12.2 Å². The Morgan fingerprint density at radius 2 is 2.41 bits per heavy atom. The monoisotopic (exact) mass is 252 g/mol. The minimum atomic E-state index is 0.398. The summed E-state index contributed by atoms with van der Waals surface area (Å²) in [5, 5.41) is 5.20. The number of thioether (sulfide) groups is 1. The quantitative estimate of drug-likeness (QED) is 0.844. The van der Waals surface area contributed by atoms with Gasteiger partial charge in [0.05, 0.1) is 23.5 Å². The van der Waals surface area contributed by atoms with Gasteiger partial charge >= 0.3 is 0 Å². The van der Waals surface area contributed by atoms with Crippen molar-refractivity contribution in [1.82, 2.24) is 10.3 Å². The molecule has 0 aromatic carbocycles. The van der Waals surface area contributed by atoms with Gasteiger partial charge in [-0.05, 0) is 37.6 Å². The minimum absolute atomic E-state index is 0.398. The Kier molecular flexibility index (Phi) is 4.83. The van der Waals surface area contributed by atoms with Gasteiger partial charge in [0.15, 0.2) is 0 Å². The maximum Gasteiger partial charge on any atom is 0.0967 e. The topological polar surface area (TPSA) is 34.2 Å². The van der Waals surface area contributed by atoms with Crippen LogP contribution in [-0.2, 0) is 4.74 Å². The molecular weight excluding hydrogens is 232 g/mol. The van der Waals surface area contributed by atoms with Crippen LogP contribution in [0.4, 0.5) is 0 Å². The van der Waals surface area contributed by atoms with Crippen molar-refractivity contribution in [3.63, 3.8) is 0 Å². The zero-order valence-electron chi connectivity index (χ0n) is 10.5. The fourth-order valence-corrected chi connectivity index (χ4v) is 2.69. The van der Waals surface area contributed by atoms with E-state index in [1.54, 1.807) is 0 Å². The summed E-state index contributed by atoms with van der Waals surface area (Å²) in [6.45, 7) is 7.17. The number of pyridine rings is 1. The average Bonchev–Trinajstić information content (AvgIpc) is 2.31. The molecular formula is C13H20N2OS. The summed E-state index contributed by atoms with van der Waals surface area (Å²) in [5.41, 5.74) is 1.32. The van der Waals surface area contributed by atoms with Crippen LogP contribution in [0.3, 0.4) is 0 Å². The second-order valence-electron chi connectivity index (χ2n) is 4.38. The van der Waals surface area contributed by atoms with Crippen LogP contribution in [0.2, 0.25) is 0 Å². The Labute approximate surface area is 107 Å². The normalized spacial score (nSPS) is 17.8. The molecule has 3 nitrogen and oxygen atoms in total. The van der Waals surface area contributed by atoms with Gasteiger partial charge in [0.2, 0.25) is 0 Å². The molecule has 1 aromatic rings. The summed E-state index contributed by atoms with van der Waals surface area (Å²) in [7, 11) is 0. The van der Waals surface area contributed by atoms with E-state index < -0.39 is 0 Å². The van der Waals surface area contributed by atoms with Crippen molar-refractivity contribution in [2.24, 2.45) is 0 Å². The zero-order valence-corrected chi connectivity index (χ0v) is 11.3. The molecule has 4 heteroatoms. The van der Waals surface area contributed by atoms with E-state index in [9.17, 15) is 0 Å². The highest BCUT2D eigenvalue weighted by atomic mass is 32.2. The van der Waals surface area contributed by atoms with E-state index in [1.165, 1.54) is 5.56 Å². The lowest BCUT2D eigenvalue weighted by molar-refractivity contribution is 0.0454. The average molecular weight is 252 g/mol. The predicted octanol–water partition coefficient (Wildman–Crippen LogP) is 2.63. The molecule has 0 saturated carbocycles. The van der Waals surface area contributed by atoms with Crippen LogP contribution in [-0.4, -0.2) is 30.0 Å². The molecule has 0 spiro atoms. The van der Waals surface area contributed by atoms with Crippen LogP contribution in [0, 0.1) is 0 Å². The molecule has 0 bridgehead atoms. The van der Waals surface area contributed by atoms with E-state index in [0.717, 1.165) is 31.2 Å². The molecule has 2 heterocycles. The van der Waals surface area contributed by atoms with Gasteiger partial charge in [-0.25, -0.2) is 4.98 Å². The molecule has 94 valence electrons. The Bertz CT molecular complexity index is 355. The molecule has 0 amide bonds. The lowest BCUT2D eigenvalue weighted by Crippen LogP contribution is -2.30. The summed E-state index contributed by atoms with van der Waals surface area (Å²) in [4.78, 5) is 4.40. The van der Waals surface area contributed by atoms with Crippen LogP contribution in [0.5, 0.6) is 0 Å². The first-order chi connectivity index (χ1) is 8.29. The molecule has 1 fully saturated rings. The molecule has 0 aliphatic carbocycles. The number of nitrogens with zero attached hydrogens (tertiary/aromatic N) is 1. The third kappa shape index (κ3) is 3.69. The van der Waals surface area contributed by atoms with E-state index in [1.807, 2.05) is 18.0 Å². The van der Waals surface area contributed by atoms with Gasteiger partial charge in [-0.1, -0.05) is 18.7 Å². The third-order valence-electron chi connectivity index (χ3n) is 2.85. The first-order valence-corrected chi connectivity index (χ1v) is 7.11. The smallest absolute Gasteiger partial charge is 0.0967 e. The Hall–Kier alpha value is -0.580. The standard InChI is InChI=1S/C13H20N2OS/c1-3-5-14-10(2)11-4-6-15-13(7-11)17-12-8-16-9-12/h4,6-7,10,12,14H,3,5,8-9H2,1-2H3. The van der Waals surface area contributed by atoms with Crippen molar-refractivity contribution in [3.8, 4) is 0 Å². The number of hydrogen-bond acceptors (Lipinski definition) is 4. The van der Waals surface area contributed by atoms with Crippen molar-refractivity contribution in [1.29, 1.82) is 0 Å². The van der Waals surface area contributed by atoms with E-state index in [0.29, 0.717) is 11.3 Å². The largest absolute Gasteiger partial charge is 0.379 e. The second-order valence-corrected chi connectivity index (χ2v) is 5.70. The van der Waals surface area contributed by atoms with Gasteiger partial charge < -0.3 is 10.1 Å².